The van der Waals surface area contributed by atoms with Gasteiger partial charge in [-0.2, -0.15) is 0 Å². The maximum atomic E-state index is 13.1. The van der Waals surface area contributed by atoms with Gasteiger partial charge in [0.15, 0.2) is 0 Å². The van der Waals surface area contributed by atoms with Crippen molar-refractivity contribution in [3.8, 4) is 0 Å². The number of H-pyrrole nitrogens is 1. The lowest BCUT2D eigenvalue weighted by Crippen LogP contribution is -2.22. The number of carbonyl (C=O) groups excluding carboxylic acids is 1. The quantitative estimate of drug-likeness (QED) is 0.666. The summed E-state index contributed by atoms with van der Waals surface area (Å²) in [6.07, 6.45) is 4.80. The van der Waals surface area contributed by atoms with E-state index in [-0.39, 0.29) is 11.5 Å². The molecular weight excluding hydrogens is 337 g/mol. The predicted molar refractivity (Wildman–Crippen MR) is 97.2 cm³/mol. The van der Waals surface area contributed by atoms with Crippen LogP contribution < -0.4 is 11.3 Å². The molecule has 0 unspecified atom stereocenters. The minimum atomic E-state index is -0.730. The van der Waals surface area contributed by atoms with Gasteiger partial charge in [-0.15, -0.1) is 0 Å². The third-order valence-electron chi connectivity index (χ3n) is 3.99. The first-order valence-electron chi connectivity index (χ1n) is 8.08. The van der Waals surface area contributed by atoms with Crippen molar-refractivity contribution in [3.63, 3.8) is 0 Å². The number of nitrogens with one attached hydrogen (secondary N) is 1. The molecule has 0 fully saturated rings. The number of carbonyl (C=O) groups is 1. The zero-order chi connectivity index (χ0) is 18.7. The summed E-state index contributed by atoms with van der Waals surface area (Å²) >= 11 is 0. The van der Waals surface area contributed by atoms with E-state index in [9.17, 15) is 14.0 Å². The van der Waals surface area contributed by atoms with Gasteiger partial charge < -0.3 is 20.0 Å². The Morgan fingerprint density at radius 1 is 1.31 bits per heavy atom. The predicted octanol–water partition coefficient (Wildman–Crippen LogP) is 2.62. The van der Waals surface area contributed by atoms with Crippen LogP contribution in [0.25, 0.3) is 17.0 Å². The lowest BCUT2D eigenvalue weighted by Gasteiger charge is -2.08. The van der Waals surface area contributed by atoms with Crippen molar-refractivity contribution in [1.82, 2.24) is 9.55 Å². The summed E-state index contributed by atoms with van der Waals surface area (Å²) in [5, 5.41) is 0.584. The summed E-state index contributed by atoms with van der Waals surface area (Å²) < 4.78 is 20.0. The average molecular weight is 355 g/mol. The van der Waals surface area contributed by atoms with Crippen LogP contribution in [0.3, 0.4) is 0 Å². The van der Waals surface area contributed by atoms with E-state index in [0.29, 0.717) is 29.6 Å². The van der Waals surface area contributed by atoms with E-state index in [1.54, 1.807) is 35.0 Å². The van der Waals surface area contributed by atoms with Crippen LogP contribution in [0.4, 0.5) is 4.39 Å². The van der Waals surface area contributed by atoms with Gasteiger partial charge in [-0.05, 0) is 36.8 Å². The second-order valence-corrected chi connectivity index (χ2v) is 5.70. The van der Waals surface area contributed by atoms with E-state index < -0.39 is 11.5 Å². The zero-order valence-corrected chi connectivity index (χ0v) is 14.2. The normalized spacial score (nSPS) is 11.3. The summed E-state index contributed by atoms with van der Waals surface area (Å²) in [4.78, 5) is 26.8. The van der Waals surface area contributed by atoms with E-state index in [2.05, 4.69) is 4.98 Å². The number of fused-ring (bicyclic) bond motifs is 1. The molecule has 134 valence electrons. The molecule has 2 aromatic heterocycles. The first kappa shape index (κ1) is 17.5. The second-order valence-electron chi connectivity index (χ2n) is 5.70. The summed E-state index contributed by atoms with van der Waals surface area (Å²) in [6, 6.07) is 7.79. The van der Waals surface area contributed by atoms with Gasteiger partial charge in [0.1, 0.15) is 17.0 Å². The van der Waals surface area contributed by atoms with Crippen molar-refractivity contribution in [2.45, 2.75) is 13.5 Å². The Morgan fingerprint density at radius 2 is 2.04 bits per heavy atom. The van der Waals surface area contributed by atoms with Crippen LogP contribution in [0.2, 0.25) is 0 Å². The number of benzene rings is 1. The summed E-state index contributed by atoms with van der Waals surface area (Å²) in [5.74, 6) is -1.05. The number of primary amides is 1. The molecule has 0 atom stereocenters. The number of rotatable bonds is 6. The molecule has 1 aromatic carbocycles. The van der Waals surface area contributed by atoms with Crippen LogP contribution in [-0.2, 0) is 11.3 Å². The number of nitrogens with two attached hydrogens (primary N) is 1. The molecule has 0 aliphatic rings. The highest BCUT2D eigenvalue weighted by atomic mass is 19.1. The number of nitrogens with zero attached hydrogens (tertiary/aromatic N) is 1. The minimum absolute atomic E-state index is 0.0259. The Hall–Kier alpha value is -3.35. The van der Waals surface area contributed by atoms with Crippen molar-refractivity contribution in [2.24, 2.45) is 5.73 Å². The molecule has 6 nitrogen and oxygen atoms in total. The van der Waals surface area contributed by atoms with Crippen LogP contribution in [0, 0.1) is 5.82 Å². The molecule has 0 radical (unpaired) electrons. The van der Waals surface area contributed by atoms with Gasteiger partial charge in [-0.3, -0.25) is 9.59 Å². The summed E-state index contributed by atoms with van der Waals surface area (Å²) in [6.45, 7) is 2.69. The molecule has 0 aliphatic heterocycles. The van der Waals surface area contributed by atoms with Gasteiger partial charge in [0.05, 0.1) is 12.9 Å². The fourth-order valence-corrected chi connectivity index (χ4v) is 2.82. The molecule has 0 spiro atoms. The molecule has 2 heterocycles. The minimum Gasteiger partial charge on any atom is -0.501 e. The first-order chi connectivity index (χ1) is 12.5. The highest BCUT2D eigenvalue weighted by Gasteiger charge is 2.16. The molecule has 1 amide bonds. The number of aromatic nitrogens is 2. The molecule has 3 rings (SSSR count). The lowest BCUT2D eigenvalue weighted by molar-refractivity contribution is 0.0995. The van der Waals surface area contributed by atoms with E-state index in [1.807, 2.05) is 6.92 Å². The molecule has 0 saturated carbocycles. The fraction of sp³-hybridized carbons (Fsp3) is 0.158. The van der Waals surface area contributed by atoms with E-state index in [4.69, 9.17) is 10.5 Å². The van der Waals surface area contributed by atoms with Crippen molar-refractivity contribution in [3.05, 3.63) is 75.8 Å². The zero-order valence-electron chi connectivity index (χ0n) is 14.2. The standard InChI is InChI=1S/C19H18FN3O3/c1-2-26-10-8-14-15-7-9-23(11-12-3-5-13(20)6-4-12)17(15)19(25)22-16(14)18(21)24/h3-10H,2,11H2,1H3,(H2,21,24)(H,22,25). The Labute approximate surface area is 148 Å². The average Bonchev–Trinajstić information content (AvgIpc) is 3.03. The number of halogens is 1. The molecule has 3 aromatic rings. The molecule has 0 saturated heterocycles. The topological polar surface area (TPSA) is 90.1 Å². The van der Waals surface area contributed by atoms with Crippen LogP contribution in [0.15, 0.2) is 47.6 Å². The summed E-state index contributed by atoms with van der Waals surface area (Å²) in [7, 11) is 0. The number of amides is 1. The van der Waals surface area contributed by atoms with Crippen LogP contribution >= 0.6 is 0 Å². The molecule has 3 N–H and O–H groups in total. The van der Waals surface area contributed by atoms with Crippen LogP contribution in [0.5, 0.6) is 0 Å². The Morgan fingerprint density at radius 3 is 2.69 bits per heavy atom. The third-order valence-corrected chi connectivity index (χ3v) is 3.99. The van der Waals surface area contributed by atoms with Gasteiger partial charge in [-0.25, -0.2) is 4.39 Å². The maximum Gasteiger partial charge on any atom is 0.273 e. The maximum absolute atomic E-state index is 13.1. The van der Waals surface area contributed by atoms with Crippen molar-refractivity contribution in [1.29, 1.82) is 0 Å². The van der Waals surface area contributed by atoms with Crippen molar-refractivity contribution >= 4 is 22.9 Å². The van der Waals surface area contributed by atoms with E-state index in [1.165, 1.54) is 18.4 Å². The Bertz CT molecular complexity index is 1030. The van der Waals surface area contributed by atoms with Crippen LogP contribution in [0.1, 0.15) is 28.5 Å². The highest BCUT2D eigenvalue weighted by molar-refractivity contribution is 6.01. The van der Waals surface area contributed by atoms with Gasteiger partial charge in [-0.1, -0.05) is 12.1 Å². The number of pyridine rings is 1. The van der Waals surface area contributed by atoms with Crippen molar-refractivity contribution < 1.29 is 13.9 Å². The molecule has 0 bridgehead atoms. The Balaban J connectivity index is 2.13. The molecular formula is C19H18FN3O3. The summed E-state index contributed by atoms with van der Waals surface area (Å²) in [5.41, 5.74) is 6.73. The van der Waals surface area contributed by atoms with Gasteiger partial charge in [0, 0.05) is 23.7 Å². The second kappa shape index (κ2) is 7.26. The number of hydrogen-bond donors (Lipinski definition) is 2. The van der Waals surface area contributed by atoms with Crippen molar-refractivity contribution in [2.75, 3.05) is 6.61 Å². The van der Waals surface area contributed by atoms with Gasteiger partial charge in [0.25, 0.3) is 11.5 Å². The van der Waals surface area contributed by atoms with E-state index >= 15 is 0 Å². The molecule has 0 aliphatic carbocycles. The number of ether oxygens (including phenoxy) is 1. The van der Waals surface area contributed by atoms with Gasteiger partial charge in [0.2, 0.25) is 0 Å². The smallest absolute Gasteiger partial charge is 0.273 e. The third kappa shape index (κ3) is 3.37. The van der Waals surface area contributed by atoms with Crippen LogP contribution in [-0.4, -0.2) is 22.1 Å². The highest BCUT2D eigenvalue weighted by Crippen LogP contribution is 2.22. The van der Waals surface area contributed by atoms with Gasteiger partial charge >= 0.3 is 0 Å². The Kier molecular flexibility index (Phi) is 4.88. The molecule has 7 heteroatoms. The lowest BCUT2D eigenvalue weighted by atomic mass is 10.1. The van der Waals surface area contributed by atoms with E-state index in [0.717, 1.165) is 5.56 Å². The number of hydrogen-bond acceptors (Lipinski definition) is 3. The number of aromatic amines is 1. The molecule has 26 heavy (non-hydrogen) atoms. The largest absolute Gasteiger partial charge is 0.501 e. The fourth-order valence-electron chi connectivity index (χ4n) is 2.82. The monoisotopic (exact) mass is 355 g/mol. The first-order valence-corrected chi connectivity index (χ1v) is 8.08. The SMILES string of the molecule is CCOC=Cc1c(C(N)=O)[nH]c(=O)c2c1ccn2Cc1ccc(F)cc1.